The molecule has 0 unspecified atom stereocenters. The van der Waals surface area contributed by atoms with Crippen LogP contribution in [-0.2, 0) is 0 Å². The van der Waals surface area contributed by atoms with E-state index in [1.165, 1.54) is 0 Å². The Bertz CT molecular complexity index is 1050. The maximum atomic E-state index is 14.1. The Hall–Kier alpha value is -2.56. The molecule has 0 saturated heterocycles. The molecule has 0 atom stereocenters. The number of halogens is 2. The monoisotopic (exact) mass is 380 g/mol. The maximum absolute atomic E-state index is 14.1. The van der Waals surface area contributed by atoms with Crippen molar-refractivity contribution < 1.29 is 13.6 Å². The molecule has 28 heavy (non-hydrogen) atoms. The molecule has 0 aliphatic heterocycles. The second-order valence-electron chi connectivity index (χ2n) is 8.16. The van der Waals surface area contributed by atoms with Crippen molar-refractivity contribution >= 4 is 11.3 Å². The number of imidazole rings is 1. The van der Waals surface area contributed by atoms with Gasteiger partial charge in [-0.15, -0.1) is 0 Å². The summed E-state index contributed by atoms with van der Waals surface area (Å²) in [6.07, 6.45) is 8.58. The van der Waals surface area contributed by atoms with E-state index in [0.717, 1.165) is 35.7 Å². The van der Waals surface area contributed by atoms with Crippen molar-refractivity contribution in [2.75, 3.05) is 0 Å². The Morgan fingerprint density at radius 2 is 1.64 bits per heavy atom. The van der Waals surface area contributed by atoms with E-state index in [4.69, 9.17) is 0 Å². The van der Waals surface area contributed by atoms with Crippen LogP contribution in [0.15, 0.2) is 42.9 Å². The molecular weight excluding hydrogens is 358 g/mol. The zero-order chi connectivity index (χ0) is 19.3. The van der Waals surface area contributed by atoms with Gasteiger partial charge in [-0.05, 0) is 73.6 Å². The maximum Gasteiger partial charge on any atom is 0.182 e. The molecule has 0 spiro atoms. The largest absolute Gasteiger partial charge is 0.296 e. The van der Waals surface area contributed by atoms with E-state index in [9.17, 15) is 13.6 Å². The topological polar surface area (TPSA) is 34.4 Å². The van der Waals surface area contributed by atoms with Gasteiger partial charge in [-0.25, -0.2) is 13.8 Å². The fourth-order valence-corrected chi connectivity index (χ4v) is 4.69. The molecule has 0 N–H and O–H groups in total. The smallest absolute Gasteiger partial charge is 0.182 e. The van der Waals surface area contributed by atoms with Crippen LogP contribution in [0.3, 0.4) is 0 Å². The zero-order valence-corrected chi connectivity index (χ0v) is 15.6. The van der Waals surface area contributed by atoms with Crippen LogP contribution in [0.4, 0.5) is 8.78 Å². The lowest BCUT2D eigenvalue weighted by molar-refractivity contribution is 0.0875. The Labute approximate surface area is 162 Å². The third-order valence-electron chi connectivity index (χ3n) is 6.38. The predicted octanol–water partition coefficient (Wildman–Crippen LogP) is 5.65. The number of carbonyl (C=O) groups excluding carboxylic acids is 1. The van der Waals surface area contributed by atoms with Crippen molar-refractivity contribution in [3.05, 3.63) is 71.3 Å². The molecule has 2 aliphatic carbocycles. The number of aromatic nitrogens is 2. The Balaban J connectivity index is 1.39. The summed E-state index contributed by atoms with van der Waals surface area (Å²) in [7, 11) is 0. The van der Waals surface area contributed by atoms with Crippen molar-refractivity contribution in [2.24, 2.45) is 5.92 Å². The molecule has 3 nitrogen and oxygen atoms in total. The minimum atomic E-state index is -0.795. The summed E-state index contributed by atoms with van der Waals surface area (Å²) in [4.78, 5) is 17.7. The van der Waals surface area contributed by atoms with Gasteiger partial charge in [0, 0.05) is 5.92 Å². The number of carbonyl (C=O) groups is 1. The van der Waals surface area contributed by atoms with E-state index in [0.29, 0.717) is 37.2 Å². The van der Waals surface area contributed by atoms with Gasteiger partial charge in [0.1, 0.15) is 0 Å². The van der Waals surface area contributed by atoms with Crippen molar-refractivity contribution in [3.63, 3.8) is 0 Å². The molecule has 0 bridgehead atoms. The zero-order valence-electron chi connectivity index (χ0n) is 15.6. The van der Waals surface area contributed by atoms with Crippen LogP contribution in [0.25, 0.3) is 5.52 Å². The molecule has 144 valence electrons. The molecule has 2 aliphatic rings. The van der Waals surface area contributed by atoms with Gasteiger partial charge in [0.15, 0.2) is 17.4 Å². The molecule has 5 rings (SSSR count). The average Bonchev–Trinajstić information content (AvgIpc) is 3.45. The van der Waals surface area contributed by atoms with E-state index < -0.39 is 11.6 Å². The quantitative estimate of drug-likeness (QED) is 0.549. The van der Waals surface area contributed by atoms with Crippen LogP contribution in [-0.4, -0.2) is 15.2 Å². The molecule has 2 aromatic heterocycles. The molecule has 5 heteroatoms. The summed E-state index contributed by atoms with van der Waals surface area (Å²) in [6, 6.07) is 8.49. The molecule has 2 saturated carbocycles. The average molecular weight is 380 g/mol. The van der Waals surface area contributed by atoms with Crippen molar-refractivity contribution in [1.82, 2.24) is 9.38 Å². The number of ketones is 1. The highest BCUT2D eigenvalue weighted by molar-refractivity contribution is 5.98. The third kappa shape index (κ3) is 2.93. The second kappa shape index (κ2) is 6.80. The number of hydrogen-bond acceptors (Lipinski definition) is 2. The summed E-state index contributed by atoms with van der Waals surface area (Å²) in [5, 5.41) is 0. The number of hydrogen-bond donors (Lipinski definition) is 0. The normalized spacial score (nSPS) is 22.5. The fraction of sp³-hybridized carbons (Fsp3) is 0.391. The van der Waals surface area contributed by atoms with E-state index in [2.05, 4.69) is 11.1 Å². The SMILES string of the molecule is O=C(c1c(C2CC2)ccc2cncn12)C1CCC(c2cccc(F)c2F)CC1. The molecule has 0 radical (unpaired) electrons. The summed E-state index contributed by atoms with van der Waals surface area (Å²) < 4.78 is 29.6. The van der Waals surface area contributed by atoms with E-state index >= 15 is 0 Å². The van der Waals surface area contributed by atoms with E-state index in [1.54, 1.807) is 24.7 Å². The standard InChI is InChI=1S/C23H22F2N2O/c24-20-3-1-2-18(21(20)25)14-6-8-16(9-7-14)23(28)22-19(15-4-5-15)11-10-17-12-26-13-27(17)22/h1-3,10-16H,4-9H2. The Morgan fingerprint density at radius 1 is 0.929 bits per heavy atom. The molecule has 2 fully saturated rings. The molecule has 1 aromatic carbocycles. The van der Waals surface area contributed by atoms with Gasteiger partial charge in [-0.3, -0.25) is 9.20 Å². The van der Waals surface area contributed by atoms with Gasteiger partial charge in [0.25, 0.3) is 0 Å². The van der Waals surface area contributed by atoms with Crippen LogP contribution in [0.1, 0.15) is 72.0 Å². The van der Waals surface area contributed by atoms with Gasteiger partial charge in [0.2, 0.25) is 0 Å². The Morgan fingerprint density at radius 3 is 2.39 bits per heavy atom. The van der Waals surface area contributed by atoms with Crippen LogP contribution in [0.2, 0.25) is 0 Å². The lowest BCUT2D eigenvalue weighted by atomic mass is 9.76. The molecule has 0 amide bonds. The highest BCUT2D eigenvalue weighted by atomic mass is 19.2. The number of rotatable bonds is 4. The summed E-state index contributed by atoms with van der Waals surface area (Å²) in [5.41, 5.74) is 3.29. The first kappa shape index (κ1) is 17.5. The van der Waals surface area contributed by atoms with Crippen molar-refractivity contribution in [1.29, 1.82) is 0 Å². The minimum Gasteiger partial charge on any atom is -0.296 e. The fourth-order valence-electron chi connectivity index (χ4n) is 4.69. The number of nitrogens with zero attached hydrogens (tertiary/aromatic N) is 2. The Kier molecular flexibility index (Phi) is 4.26. The van der Waals surface area contributed by atoms with Crippen LogP contribution >= 0.6 is 0 Å². The van der Waals surface area contributed by atoms with Gasteiger partial charge in [0.05, 0.1) is 23.7 Å². The second-order valence-corrected chi connectivity index (χ2v) is 8.16. The van der Waals surface area contributed by atoms with Crippen LogP contribution in [0, 0.1) is 17.6 Å². The van der Waals surface area contributed by atoms with Crippen molar-refractivity contribution in [2.45, 2.75) is 50.4 Å². The highest BCUT2D eigenvalue weighted by Crippen LogP contribution is 2.44. The van der Waals surface area contributed by atoms with Gasteiger partial charge in [-0.2, -0.15) is 0 Å². The lowest BCUT2D eigenvalue weighted by Crippen LogP contribution is -2.24. The molecule has 3 aromatic rings. The highest BCUT2D eigenvalue weighted by Gasteiger charge is 2.34. The van der Waals surface area contributed by atoms with E-state index in [-0.39, 0.29) is 17.6 Å². The first-order valence-electron chi connectivity index (χ1n) is 10.1. The summed E-state index contributed by atoms with van der Waals surface area (Å²) in [5.74, 6) is -0.981. The number of benzene rings is 1. The number of fused-ring (bicyclic) bond motifs is 1. The van der Waals surface area contributed by atoms with Crippen LogP contribution < -0.4 is 0 Å². The molecular formula is C23H22F2N2O. The molecule has 2 heterocycles. The third-order valence-corrected chi connectivity index (χ3v) is 6.38. The lowest BCUT2D eigenvalue weighted by Gasteiger charge is -2.29. The van der Waals surface area contributed by atoms with Crippen molar-refractivity contribution in [3.8, 4) is 0 Å². The van der Waals surface area contributed by atoms with E-state index in [1.807, 2.05) is 10.5 Å². The number of pyridine rings is 1. The van der Waals surface area contributed by atoms with Gasteiger partial charge in [-0.1, -0.05) is 18.2 Å². The van der Waals surface area contributed by atoms with Gasteiger partial charge < -0.3 is 0 Å². The first-order chi connectivity index (χ1) is 13.6. The minimum absolute atomic E-state index is 0.0216. The number of Topliss-reactive ketones (excluding diaryl/α,β-unsaturated/α-hetero) is 1. The summed E-state index contributed by atoms with van der Waals surface area (Å²) in [6.45, 7) is 0. The van der Waals surface area contributed by atoms with Crippen LogP contribution in [0.5, 0.6) is 0 Å². The predicted molar refractivity (Wildman–Crippen MR) is 103 cm³/mol. The summed E-state index contributed by atoms with van der Waals surface area (Å²) >= 11 is 0. The van der Waals surface area contributed by atoms with Gasteiger partial charge >= 0.3 is 0 Å². The first-order valence-corrected chi connectivity index (χ1v) is 10.1.